The van der Waals surface area contributed by atoms with Crippen LogP contribution in [0.4, 0.5) is 0 Å². The molecule has 2 rings (SSSR count). The van der Waals surface area contributed by atoms with E-state index in [1.165, 1.54) is 16.5 Å². The third-order valence-electron chi connectivity index (χ3n) is 2.87. The molecule has 0 atom stereocenters. The van der Waals surface area contributed by atoms with Gasteiger partial charge in [0.2, 0.25) is 0 Å². The smallest absolute Gasteiger partial charge is 0.128 e. The van der Waals surface area contributed by atoms with Crippen LogP contribution in [0.1, 0.15) is 25.3 Å². The molecule has 0 aliphatic carbocycles. The van der Waals surface area contributed by atoms with E-state index in [1.807, 2.05) is 0 Å². The fourth-order valence-electron chi connectivity index (χ4n) is 2.07. The zero-order valence-corrected chi connectivity index (χ0v) is 9.74. The highest BCUT2D eigenvalue weighted by atomic mass is 16.5. The van der Waals surface area contributed by atoms with Gasteiger partial charge >= 0.3 is 0 Å². The summed E-state index contributed by atoms with van der Waals surface area (Å²) in [5, 5.41) is 1.20. The van der Waals surface area contributed by atoms with Gasteiger partial charge in [0.25, 0.3) is 0 Å². The van der Waals surface area contributed by atoms with Crippen LogP contribution in [-0.2, 0) is 7.05 Å². The largest absolute Gasteiger partial charge is 0.496 e. The molecule has 1 aromatic carbocycles. The van der Waals surface area contributed by atoms with Gasteiger partial charge in [0.05, 0.1) is 12.6 Å². The fourth-order valence-corrected chi connectivity index (χ4v) is 2.07. The Bertz CT molecular complexity index is 482. The summed E-state index contributed by atoms with van der Waals surface area (Å²) >= 11 is 0. The first-order chi connectivity index (χ1) is 7.15. The number of aryl methyl sites for hydroxylation is 1. The minimum atomic E-state index is 0.534. The maximum absolute atomic E-state index is 5.36. The number of hydrogen-bond donors (Lipinski definition) is 0. The van der Waals surface area contributed by atoms with Crippen molar-refractivity contribution in [1.82, 2.24) is 4.57 Å². The molecule has 2 nitrogen and oxygen atoms in total. The highest BCUT2D eigenvalue weighted by Gasteiger charge is 2.11. The minimum Gasteiger partial charge on any atom is -0.496 e. The highest BCUT2D eigenvalue weighted by Crippen LogP contribution is 2.32. The van der Waals surface area contributed by atoms with E-state index in [4.69, 9.17) is 4.74 Å². The molecule has 0 radical (unpaired) electrons. The second kappa shape index (κ2) is 3.61. The summed E-state index contributed by atoms with van der Waals surface area (Å²) in [6, 6.07) is 6.32. The predicted molar refractivity (Wildman–Crippen MR) is 63.6 cm³/mol. The van der Waals surface area contributed by atoms with Gasteiger partial charge in [0, 0.05) is 18.6 Å². The molecule has 15 heavy (non-hydrogen) atoms. The molecule has 1 heterocycles. The zero-order chi connectivity index (χ0) is 11.0. The molecule has 0 unspecified atom stereocenters. The van der Waals surface area contributed by atoms with Crippen molar-refractivity contribution in [2.24, 2.45) is 7.05 Å². The van der Waals surface area contributed by atoms with Crippen molar-refractivity contribution in [3.63, 3.8) is 0 Å². The Hall–Kier alpha value is -1.44. The van der Waals surface area contributed by atoms with E-state index in [0.717, 1.165) is 5.75 Å². The standard InChI is InChI=1S/C13H17NO/c1-9(2)10-5-6-12(15-4)11-7-8-14(3)13(10)11/h5-9H,1-4H3. The van der Waals surface area contributed by atoms with Gasteiger partial charge in [0.15, 0.2) is 0 Å². The predicted octanol–water partition coefficient (Wildman–Crippen LogP) is 3.31. The molecule has 0 N–H and O–H groups in total. The molecule has 0 spiro atoms. The number of hydrogen-bond acceptors (Lipinski definition) is 1. The van der Waals surface area contributed by atoms with E-state index in [9.17, 15) is 0 Å². The second-order valence-electron chi connectivity index (χ2n) is 4.20. The summed E-state index contributed by atoms with van der Waals surface area (Å²) < 4.78 is 7.52. The van der Waals surface area contributed by atoms with Crippen LogP contribution in [-0.4, -0.2) is 11.7 Å². The third kappa shape index (κ3) is 1.50. The first-order valence-corrected chi connectivity index (χ1v) is 5.27. The number of fused-ring (bicyclic) bond motifs is 1. The Morgan fingerprint density at radius 3 is 2.53 bits per heavy atom. The summed E-state index contributed by atoms with van der Waals surface area (Å²) in [5.41, 5.74) is 2.66. The minimum absolute atomic E-state index is 0.534. The Labute approximate surface area is 90.5 Å². The topological polar surface area (TPSA) is 14.2 Å². The quantitative estimate of drug-likeness (QED) is 0.730. The summed E-state index contributed by atoms with van der Waals surface area (Å²) in [4.78, 5) is 0. The van der Waals surface area contributed by atoms with Crippen molar-refractivity contribution in [2.75, 3.05) is 7.11 Å². The van der Waals surface area contributed by atoms with Gasteiger partial charge in [-0.05, 0) is 23.6 Å². The lowest BCUT2D eigenvalue weighted by molar-refractivity contribution is 0.419. The van der Waals surface area contributed by atoms with Crippen molar-refractivity contribution < 1.29 is 4.74 Å². The molecule has 0 saturated carbocycles. The monoisotopic (exact) mass is 203 g/mol. The number of rotatable bonds is 2. The molecular weight excluding hydrogens is 186 g/mol. The highest BCUT2D eigenvalue weighted by molar-refractivity contribution is 5.89. The van der Waals surface area contributed by atoms with Crippen molar-refractivity contribution >= 4 is 10.9 Å². The molecule has 80 valence electrons. The second-order valence-corrected chi connectivity index (χ2v) is 4.20. The van der Waals surface area contributed by atoms with Gasteiger partial charge in [0.1, 0.15) is 5.75 Å². The molecule has 0 saturated heterocycles. The Morgan fingerprint density at radius 2 is 1.93 bits per heavy atom. The van der Waals surface area contributed by atoms with Gasteiger partial charge in [-0.1, -0.05) is 19.9 Å². The van der Waals surface area contributed by atoms with E-state index in [1.54, 1.807) is 7.11 Å². The van der Waals surface area contributed by atoms with E-state index in [-0.39, 0.29) is 0 Å². The van der Waals surface area contributed by atoms with Crippen molar-refractivity contribution in [3.05, 3.63) is 30.0 Å². The van der Waals surface area contributed by atoms with Gasteiger partial charge in [-0.3, -0.25) is 0 Å². The van der Waals surface area contributed by atoms with Crippen LogP contribution in [0.15, 0.2) is 24.4 Å². The molecular formula is C13H17NO. The maximum atomic E-state index is 5.36. The lowest BCUT2D eigenvalue weighted by Gasteiger charge is -2.11. The number of methoxy groups -OCH3 is 1. The Balaban J connectivity index is 2.80. The molecule has 0 amide bonds. The van der Waals surface area contributed by atoms with Crippen LogP contribution in [0, 0.1) is 0 Å². The molecule has 1 aromatic heterocycles. The number of aromatic nitrogens is 1. The number of benzene rings is 1. The average Bonchev–Trinajstić information content (AvgIpc) is 2.60. The van der Waals surface area contributed by atoms with Crippen LogP contribution in [0.3, 0.4) is 0 Å². The average molecular weight is 203 g/mol. The molecule has 0 bridgehead atoms. The summed E-state index contributed by atoms with van der Waals surface area (Å²) in [6.45, 7) is 4.43. The van der Waals surface area contributed by atoms with Gasteiger partial charge in [-0.15, -0.1) is 0 Å². The van der Waals surface area contributed by atoms with Gasteiger partial charge < -0.3 is 9.30 Å². The summed E-state index contributed by atoms with van der Waals surface area (Å²) in [6.07, 6.45) is 2.08. The van der Waals surface area contributed by atoms with E-state index < -0.39 is 0 Å². The zero-order valence-electron chi connectivity index (χ0n) is 9.74. The molecule has 0 fully saturated rings. The Morgan fingerprint density at radius 1 is 1.20 bits per heavy atom. The lowest BCUT2D eigenvalue weighted by Crippen LogP contribution is -1.95. The van der Waals surface area contributed by atoms with Crippen molar-refractivity contribution in [2.45, 2.75) is 19.8 Å². The molecule has 2 aromatic rings. The van der Waals surface area contributed by atoms with Gasteiger partial charge in [-0.25, -0.2) is 0 Å². The van der Waals surface area contributed by atoms with Crippen LogP contribution < -0.4 is 4.74 Å². The van der Waals surface area contributed by atoms with Crippen LogP contribution in [0.5, 0.6) is 5.75 Å². The van der Waals surface area contributed by atoms with Crippen LogP contribution >= 0.6 is 0 Å². The van der Waals surface area contributed by atoms with Gasteiger partial charge in [-0.2, -0.15) is 0 Å². The van der Waals surface area contributed by atoms with E-state index >= 15 is 0 Å². The van der Waals surface area contributed by atoms with Crippen molar-refractivity contribution in [3.8, 4) is 5.75 Å². The SMILES string of the molecule is COc1ccc(C(C)C)c2c1ccn2C. The van der Waals surface area contributed by atoms with Crippen molar-refractivity contribution in [1.29, 1.82) is 0 Å². The normalized spacial score (nSPS) is 11.3. The maximum Gasteiger partial charge on any atom is 0.128 e. The van der Waals surface area contributed by atoms with E-state index in [2.05, 4.69) is 49.9 Å². The first kappa shape index (κ1) is 10.1. The lowest BCUT2D eigenvalue weighted by atomic mass is 10.0. The Kier molecular flexibility index (Phi) is 2.43. The number of ether oxygens (including phenoxy) is 1. The van der Waals surface area contributed by atoms with Crippen LogP contribution in [0.25, 0.3) is 10.9 Å². The fraction of sp³-hybridized carbons (Fsp3) is 0.385. The molecule has 2 heteroatoms. The first-order valence-electron chi connectivity index (χ1n) is 5.27. The summed E-state index contributed by atoms with van der Waals surface area (Å²) in [7, 11) is 3.80. The summed E-state index contributed by atoms with van der Waals surface area (Å²) in [5.74, 6) is 1.49. The van der Waals surface area contributed by atoms with Crippen LogP contribution in [0.2, 0.25) is 0 Å². The third-order valence-corrected chi connectivity index (χ3v) is 2.87. The molecule has 0 aliphatic rings. The molecule has 0 aliphatic heterocycles. The van der Waals surface area contributed by atoms with E-state index in [0.29, 0.717) is 5.92 Å². The number of nitrogens with zero attached hydrogens (tertiary/aromatic N) is 1.